The fraction of sp³-hybridized carbons (Fsp3) is 0.188. The average Bonchev–Trinajstić information content (AvgIpc) is 2.39. The fourth-order valence-corrected chi connectivity index (χ4v) is 1.95. The molecular formula is C16H18N2O. The van der Waals surface area contributed by atoms with E-state index in [1.165, 1.54) is 0 Å². The van der Waals surface area contributed by atoms with Crippen molar-refractivity contribution in [3.05, 3.63) is 65.2 Å². The van der Waals surface area contributed by atoms with Gasteiger partial charge in [-0.1, -0.05) is 36.4 Å². The Bertz CT molecular complexity index is 578. The zero-order chi connectivity index (χ0) is 13.7. The smallest absolute Gasteiger partial charge is 0.224 e. The monoisotopic (exact) mass is 254 g/mol. The minimum atomic E-state index is 0.0247. The Labute approximate surface area is 113 Å². The van der Waals surface area contributed by atoms with Gasteiger partial charge >= 0.3 is 0 Å². The van der Waals surface area contributed by atoms with Crippen molar-refractivity contribution in [2.45, 2.75) is 19.9 Å². The number of anilines is 1. The van der Waals surface area contributed by atoms with Crippen molar-refractivity contribution in [2.75, 3.05) is 5.73 Å². The van der Waals surface area contributed by atoms with Gasteiger partial charge in [-0.3, -0.25) is 4.79 Å². The zero-order valence-corrected chi connectivity index (χ0v) is 11.0. The molecule has 19 heavy (non-hydrogen) atoms. The minimum Gasteiger partial charge on any atom is -0.399 e. The lowest BCUT2D eigenvalue weighted by Crippen LogP contribution is -2.24. The first-order valence-electron chi connectivity index (χ1n) is 6.31. The van der Waals surface area contributed by atoms with Crippen LogP contribution in [0.4, 0.5) is 5.69 Å². The van der Waals surface area contributed by atoms with E-state index in [1.807, 2.05) is 55.5 Å². The van der Waals surface area contributed by atoms with Crippen LogP contribution in [0.3, 0.4) is 0 Å². The number of nitrogens with one attached hydrogen (secondary N) is 1. The van der Waals surface area contributed by atoms with E-state index in [1.54, 1.807) is 0 Å². The number of aryl methyl sites for hydroxylation is 1. The number of carbonyl (C=O) groups excluding carboxylic acids is 1. The molecule has 3 heteroatoms. The zero-order valence-electron chi connectivity index (χ0n) is 11.0. The van der Waals surface area contributed by atoms with Crippen LogP contribution in [0.2, 0.25) is 0 Å². The number of nitrogen functional groups attached to an aromatic ring is 1. The Hall–Kier alpha value is -2.29. The second-order valence-electron chi connectivity index (χ2n) is 4.63. The molecule has 0 saturated carbocycles. The van der Waals surface area contributed by atoms with E-state index in [0.29, 0.717) is 18.7 Å². The van der Waals surface area contributed by atoms with Crippen LogP contribution in [0.15, 0.2) is 48.5 Å². The van der Waals surface area contributed by atoms with Crippen molar-refractivity contribution in [2.24, 2.45) is 0 Å². The van der Waals surface area contributed by atoms with Gasteiger partial charge < -0.3 is 11.1 Å². The highest BCUT2D eigenvalue weighted by atomic mass is 16.1. The molecule has 0 saturated heterocycles. The Morgan fingerprint density at radius 2 is 1.95 bits per heavy atom. The molecule has 2 aromatic carbocycles. The Morgan fingerprint density at radius 1 is 1.16 bits per heavy atom. The van der Waals surface area contributed by atoms with Crippen LogP contribution in [-0.2, 0) is 17.8 Å². The van der Waals surface area contributed by atoms with Crippen LogP contribution in [0.1, 0.15) is 16.7 Å². The molecule has 0 fully saturated rings. The van der Waals surface area contributed by atoms with Gasteiger partial charge in [0.25, 0.3) is 0 Å². The van der Waals surface area contributed by atoms with Gasteiger partial charge in [0.1, 0.15) is 0 Å². The molecule has 2 aromatic rings. The first kappa shape index (κ1) is 13.1. The normalized spacial score (nSPS) is 10.2. The molecule has 0 aliphatic heterocycles. The third kappa shape index (κ3) is 3.85. The van der Waals surface area contributed by atoms with E-state index in [9.17, 15) is 4.79 Å². The summed E-state index contributed by atoms with van der Waals surface area (Å²) in [5, 5.41) is 2.91. The standard InChI is InChI=1S/C16H18N2O/c1-12-5-2-3-7-14(12)10-16(19)18-11-13-6-4-8-15(17)9-13/h2-9H,10-11,17H2,1H3,(H,18,19). The van der Waals surface area contributed by atoms with Gasteiger partial charge in [-0.15, -0.1) is 0 Å². The molecule has 0 radical (unpaired) electrons. The number of rotatable bonds is 4. The number of hydrogen-bond acceptors (Lipinski definition) is 2. The average molecular weight is 254 g/mol. The van der Waals surface area contributed by atoms with Gasteiger partial charge in [0.2, 0.25) is 5.91 Å². The molecule has 3 N–H and O–H groups in total. The Morgan fingerprint density at radius 3 is 2.68 bits per heavy atom. The van der Waals surface area contributed by atoms with Gasteiger partial charge in [-0.25, -0.2) is 0 Å². The lowest BCUT2D eigenvalue weighted by Gasteiger charge is -2.08. The Kier molecular flexibility index (Phi) is 4.18. The molecule has 2 rings (SSSR count). The topological polar surface area (TPSA) is 55.1 Å². The second kappa shape index (κ2) is 6.05. The van der Waals surface area contributed by atoms with Gasteiger partial charge in [0, 0.05) is 12.2 Å². The summed E-state index contributed by atoms with van der Waals surface area (Å²) in [7, 11) is 0. The number of hydrogen-bond donors (Lipinski definition) is 2. The SMILES string of the molecule is Cc1ccccc1CC(=O)NCc1cccc(N)c1. The minimum absolute atomic E-state index is 0.0247. The highest BCUT2D eigenvalue weighted by Gasteiger charge is 2.05. The van der Waals surface area contributed by atoms with Crippen LogP contribution >= 0.6 is 0 Å². The summed E-state index contributed by atoms with van der Waals surface area (Å²) < 4.78 is 0. The molecule has 0 aromatic heterocycles. The molecule has 3 nitrogen and oxygen atoms in total. The summed E-state index contributed by atoms with van der Waals surface area (Å²) in [6.45, 7) is 2.52. The van der Waals surface area contributed by atoms with Crippen molar-refractivity contribution >= 4 is 11.6 Å². The summed E-state index contributed by atoms with van der Waals surface area (Å²) in [5.74, 6) is 0.0247. The molecule has 98 valence electrons. The molecule has 0 aliphatic carbocycles. The summed E-state index contributed by atoms with van der Waals surface area (Å²) in [6.07, 6.45) is 0.412. The van der Waals surface area contributed by atoms with Crippen LogP contribution in [0.5, 0.6) is 0 Å². The van der Waals surface area contributed by atoms with Crippen LogP contribution in [-0.4, -0.2) is 5.91 Å². The largest absolute Gasteiger partial charge is 0.399 e. The highest BCUT2D eigenvalue weighted by molar-refractivity contribution is 5.78. The number of benzene rings is 2. The molecule has 0 bridgehead atoms. The van der Waals surface area contributed by atoms with Crippen molar-refractivity contribution in [3.8, 4) is 0 Å². The van der Waals surface area contributed by atoms with E-state index in [0.717, 1.165) is 16.7 Å². The number of carbonyl (C=O) groups is 1. The molecule has 0 spiro atoms. The first-order chi connectivity index (χ1) is 9.15. The second-order valence-corrected chi connectivity index (χ2v) is 4.63. The van der Waals surface area contributed by atoms with Crippen molar-refractivity contribution < 1.29 is 4.79 Å². The molecule has 0 aliphatic rings. The predicted molar refractivity (Wildman–Crippen MR) is 77.6 cm³/mol. The van der Waals surface area contributed by atoms with Gasteiger partial charge in [0.05, 0.1) is 6.42 Å². The third-order valence-electron chi connectivity index (χ3n) is 3.05. The quantitative estimate of drug-likeness (QED) is 0.823. The lowest BCUT2D eigenvalue weighted by atomic mass is 10.1. The first-order valence-corrected chi connectivity index (χ1v) is 6.31. The maximum Gasteiger partial charge on any atom is 0.224 e. The maximum atomic E-state index is 11.9. The van der Waals surface area contributed by atoms with E-state index in [-0.39, 0.29) is 5.91 Å². The van der Waals surface area contributed by atoms with Crippen molar-refractivity contribution in [1.82, 2.24) is 5.32 Å². The van der Waals surface area contributed by atoms with Crippen LogP contribution in [0.25, 0.3) is 0 Å². The summed E-state index contributed by atoms with van der Waals surface area (Å²) >= 11 is 0. The lowest BCUT2D eigenvalue weighted by molar-refractivity contribution is -0.120. The summed E-state index contributed by atoms with van der Waals surface area (Å²) in [5.41, 5.74) is 9.62. The van der Waals surface area contributed by atoms with E-state index < -0.39 is 0 Å². The van der Waals surface area contributed by atoms with E-state index in [4.69, 9.17) is 5.73 Å². The fourth-order valence-electron chi connectivity index (χ4n) is 1.95. The maximum absolute atomic E-state index is 11.9. The van der Waals surface area contributed by atoms with E-state index in [2.05, 4.69) is 5.32 Å². The number of amides is 1. The molecule has 1 amide bonds. The van der Waals surface area contributed by atoms with Crippen LogP contribution < -0.4 is 11.1 Å². The summed E-state index contributed by atoms with van der Waals surface area (Å²) in [4.78, 5) is 11.9. The molecule has 0 unspecified atom stereocenters. The van der Waals surface area contributed by atoms with Crippen LogP contribution in [0, 0.1) is 6.92 Å². The predicted octanol–water partition coefficient (Wildman–Crippen LogP) is 2.44. The van der Waals surface area contributed by atoms with Crippen molar-refractivity contribution in [1.29, 1.82) is 0 Å². The van der Waals surface area contributed by atoms with Gasteiger partial charge in [-0.05, 0) is 35.7 Å². The van der Waals surface area contributed by atoms with Gasteiger partial charge in [-0.2, -0.15) is 0 Å². The molecule has 0 atom stereocenters. The summed E-state index contributed by atoms with van der Waals surface area (Å²) in [6, 6.07) is 15.5. The van der Waals surface area contributed by atoms with E-state index >= 15 is 0 Å². The molecular weight excluding hydrogens is 236 g/mol. The Balaban J connectivity index is 1.90. The van der Waals surface area contributed by atoms with Gasteiger partial charge in [0.15, 0.2) is 0 Å². The number of nitrogens with two attached hydrogens (primary N) is 1. The third-order valence-corrected chi connectivity index (χ3v) is 3.05. The highest BCUT2D eigenvalue weighted by Crippen LogP contribution is 2.08. The molecule has 0 heterocycles. The van der Waals surface area contributed by atoms with Crippen molar-refractivity contribution in [3.63, 3.8) is 0 Å².